The zero-order valence-electron chi connectivity index (χ0n) is 13.9. The molecular weight excluding hydrogens is 320 g/mol. The first kappa shape index (κ1) is 16.9. The molecule has 0 saturated heterocycles. The molecule has 1 N–H and O–H groups in total. The molecule has 128 valence electrons. The molecule has 0 aromatic heterocycles. The molecule has 3 rings (SSSR count). The molecule has 0 heterocycles. The first-order valence-corrected chi connectivity index (χ1v) is 8.20. The molecule has 5 nitrogen and oxygen atoms in total. The molecule has 5 heteroatoms. The van der Waals surface area contributed by atoms with Crippen LogP contribution >= 0.6 is 0 Å². The zero-order valence-corrected chi connectivity index (χ0v) is 13.9. The number of hydrogen-bond acceptors (Lipinski definition) is 4. The number of hydrogen-bond donors (Lipinski definition) is 1. The highest BCUT2D eigenvalue weighted by molar-refractivity contribution is 6.13. The standard InChI is InChI=1S/C20H18O5/c1-2-18(23)25-16-10-12(11-17(21)22)9-14-8-7-13-5-3-4-6-15(13)20(24)19(14)16/h3-6,9-10H,2,7-8,11H2,1H3,(H,21,22). The number of carboxylic acid groups (broad SMARTS) is 1. The highest BCUT2D eigenvalue weighted by Crippen LogP contribution is 2.33. The fourth-order valence-electron chi connectivity index (χ4n) is 3.11. The molecule has 0 fully saturated rings. The maximum atomic E-state index is 13.0. The van der Waals surface area contributed by atoms with E-state index < -0.39 is 11.9 Å². The molecule has 0 spiro atoms. The van der Waals surface area contributed by atoms with Crippen LogP contribution in [0.1, 0.15) is 46.0 Å². The summed E-state index contributed by atoms with van der Waals surface area (Å²) < 4.78 is 5.37. The molecule has 2 aromatic rings. The Balaban J connectivity index is 2.15. The molecule has 0 bridgehead atoms. The maximum absolute atomic E-state index is 13.0. The highest BCUT2D eigenvalue weighted by atomic mass is 16.5. The molecule has 1 aliphatic carbocycles. The van der Waals surface area contributed by atoms with Crippen LogP contribution < -0.4 is 4.74 Å². The minimum Gasteiger partial charge on any atom is -0.481 e. The number of fused-ring (bicyclic) bond motifs is 2. The second-order valence-corrected chi connectivity index (χ2v) is 6.01. The summed E-state index contributed by atoms with van der Waals surface area (Å²) >= 11 is 0. The van der Waals surface area contributed by atoms with E-state index in [1.807, 2.05) is 12.1 Å². The third-order valence-electron chi connectivity index (χ3n) is 4.26. The average molecular weight is 338 g/mol. The summed E-state index contributed by atoms with van der Waals surface area (Å²) in [6, 6.07) is 10.6. The van der Waals surface area contributed by atoms with Gasteiger partial charge in [-0.1, -0.05) is 37.3 Å². The van der Waals surface area contributed by atoms with Crippen molar-refractivity contribution in [2.75, 3.05) is 0 Å². The van der Waals surface area contributed by atoms with Gasteiger partial charge in [0.1, 0.15) is 5.75 Å². The van der Waals surface area contributed by atoms with Gasteiger partial charge in [-0.3, -0.25) is 14.4 Å². The summed E-state index contributed by atoms with van der Waals surface area (Å²) in [5.41, 5.74) is 3.14. The van der Waals surface area contributed by atoms with Gasteiger partial charge in [-0.05, 0) is 35.6 Å². The molecule has 0 aliphatic heterocycles. The first-order valence-electron chi connectivity index (χ1n) is 8.20. The van der Waals surface area contributed by atoms with Gasteiger partial charge in [-0.15, -0.1) is 0 Å². The van der Waals surface area contributed by atoms with E-state index in [1.54, 1.807) is 25.1 Å². The van der Waals surface area contributed by atoms with Crippen LogP contribution in [0.5, 0.6) is 5.75 Å². The Bertz CT molecular complexity index is 866. The third-order valence-corrected chi connectivity index (χ3v) is 4.26. The van der Waals surface area contributed by atoms with E-state index in [-0.39, 0.29) is 24.4 Å². The molecule has 1 aliphatic rings. The van der Waals surface area contributed by atoms with Gasteiger partial charge in [0.15, 0.2) is 5.78 Å². The van der Waals surface area contributed by atoms with E-state index in [0.29, 0.717) is 29.5 Å². The van der Waals surface area contributed by atoms with E-state index in [9.17, 15) is 14.4 Å². The number of aryl methyl sites for hydroxylation is 2. The van der Waals surface area contributed by atoms with Crippen LogP contribution in [0, 0.1) is 0 Å². The molecule has 0 saturated carbocycles. The molecule has 0 unspecified atom stereocenters. The summed E-state index contributed by atoms with van der Waals surface area (Å²) in [4.78, 5) is 35.9. The lowest BCUT2D eigenvalue weighted by atomic mass is 9.95. The summed E-state index contributed by atoms with van der Waals surface area (Å²) in [7, 11) is 0. The van der Waals surface area contributed by atoms with Crippen molar-refractivity contribution in [2.45, 2.75) is 32.6 Å². The van der Waals surface area contributed by atoms with Gasteiger partial charge in [0, 0.05) is 12.0 Å². The number of esters is 1. The van der Waals surface area contributed by atoms with Crippen molar-refractivity contribution in [1.82, 2.24) is 0 Å². The second kappa shape index (κ2) is 6.89. The number of aliphatic carboxylic acids is 1. The number of ketones is 1. The van der Waals surface area contributed by atoms with Gasteiger partial charge in [-0.2, -0.15) is 0 Å². The molecule has 0 atom stereocenters. The van der Waals surface area contributed by atoms with Crippen LogP contribution in [0.2, 0.25) is 0 Å². The lowest BCUT2D eigenvalue weighted by molar-refractivity contribution is -0.136. The van der Waals surface area contributed by atoms with Crippen LogP contribution in [0.3, 0.4) is 0 Å². The number of carbonyl (C=O) groups excluding carboxylic acids is 2. The van der Waals surface area contributed by atoms with Crippen LogP contribution in [0.15, 0.2) is 36.4 Å². The van der Waals surface area contributed by atoms with Crippen molar-refractivity contribution in [3.8, 4) is 5.75 Å². The number of benzene rings is 2. The number of carbonyl (C=O) groups is 3. The molecule has 2 aromatic carbocycles. The Morgan fingerprint density at radius 1 is 1.12 bits per heavy atom. The Morgan fingerprint density at radius 3 is 2.56 bits per heavy atom. The maximum Gasteiger partial charge on any atom is 0.310 e. The van der Waals surface area contributed by atoms with Gasteiger partial charge < -0.3 is 9.84 Å². The lowest BCUT2D eigenvalue weighted by Gasteiger charge is -2.14. The van der Waals surface area contributed by atoms with E-state index in [4.69, 9.17) is 9.84 Å². The highest BCUT2D eigenvalue weighted by Gasteiger charge is 2.26. The predicted molar refractivity (Wildman–Crippen MR) is 91.0 cm³/mol. The van der Waals surface area contributed by atoms with Crippen molar-refractivity contribution < 1.29 is 24.2 Å². The first-order chi connectivity index (χ1) is 12.0. The van der Waals surface area contributed by atoms with Gasteiger partial charge in [-0.25, -0.2) is 0 Å². The number of carboxylic acids is 1. The molecule has 0 radical (unpaired) electrons. The molecule has 0 amide bonds. The van der Waals surface area contributed by atoms with Crippen LogP contribution in [-0.4, -0.2) is 22.8 Å². The Labute approximate surface area is 145 Å². The van der Waals surface area contributed by atoms with Crippen molar-refractivity contribution >= 4 is 17.7 Å². The monoisotopic (exact) mass is 338 g/mol. The third kappa shape index (κ3) is 3.45. The Kier molecular flexibility index (Phi) is 4.65. The minimum atomic E-state index is -0.976. The Hall–Kier alpha value is -2.95. The number of rotatable bonds is 4. The summed E-state index contributed by atoms with van der Waals surface area (Å²) in [5, 5.41) is 9.06. The fraction of sp³-hybridized carbons (Fsp3) is 0.250. The fourth-order valence-corrected chi connectivity index (χ4v) is 3.11. The summed E-state index contributed by atoms with van der Waals surface area (Å²) in [5.74, 6) is -1.47. The number of ether oxygens (including phenoxy) is 1. The largest absolute Gasteiger partial charge is 0.481 e. The van der Waals surface area contributed by atoms with Crippen molar-refractivity contribution in [3.05, 3.63) is 64.2 Å². The van der Waals surface area contributed by atoms with Gasteiger partial charge in [0.25, 0.3) is 0 Å². The summed E-state index contributed by atoms with van der Waals surface area (Å²) in [6.07, 6.45) is 1.24. The van der Waals surface area contributed by atoms with Crippen LogP contribution in [0.25, 0.3) is 0 Å². The van der Waals surface area contributed by atoms with Gasteiger partial charge in [0.2, 0.25) is 0 Å². The topological polar surface area (TPSA) is 80.7 Å². The van der Waals surface area contributed by atoms with Gasteiger partial charge >= 0.3 is 11.9 Å². The SMILES string of the molecule is CCC(=O)Oc1cc(CC(=O)O)cc2c1C(=O)c1ccccc1CC2. The van der Waals surface area contributed by atoms with E-state index in [1.165, 1.54) is 6.07 Å². The molecular formula is C20H18O5. The lowest BCUT2D eigenvalue weighted by Crippen LogP contribution is -2.13. The van der Waals surface area contributed by atoms with Crippen LogP contribution in [0.4, 0.5) is 0 Å². The summed E-state index contributed by atoms with van der Waals surface area (Å²) in [6.45, 7) is 1.67. The zero-order chi connectivity index (χ0) is 18.0. The Morgan fingerprint density at radius 2 is 1.84 bits per heavy atom. The second-order valence-electron chi connectivity index (χ2n) is 6.01. The minimum absolute atomic E-state index is 0.155. The molecule has 25 heavy (non-hydrogen) atoms. The quantitative estimate of drug-likeness (QED) is 0.685. The van der Waals surface area contributed by atoms with Crippen molar-refractivity contribution in [1.29, 1.82) is 0 Å². The predicted octanol–water partition coefficient (Wildman–Crippen LogP) is 2.96. The van der Waals surface area contributed by atoms with E-state index >= 15 is 0 Å². The van der Waals surface area contributed by atoms with Crippen molar-refractivity contribution in [2.24, 2.45) is 0 Å². The van der Waals surface area contributed by atoms with Crippen molar-refractivity contribution in [3.63, 3.8) is 0 Å². The van der Waals surface area contributed by atoms with E-state index in [0.717, 1.165) is 11.1 Å². The van der Waals surface area contributed by atoms with Crippen LogP contribution in [-0.2, 0) is 28.9 Å². The normalized spacial score (nSPS) is 12.8. The van der Waals surface area contributed by atoms with Gasteiger partial charge in [0.05, 0.1) is 12.0 Å². The van der Waals surface area contributed by atoms with E-state index in [2.05, 4.69) is 0 Å². The smallest absolute Gasteiger partial charge is 0.310 e. The average Bonchev–Trinajstić information content (AvgIpc) is 2.72.